The van der Waals surface area contributed by atoms with E-state index >= 15 is 0 Å². The summed E-state index contributed by atoms with van der Waals surface area (Å²) < 4.78 is 0. The molecule has 0 bridgehead atoms. The van der Waals surface area contributed by atoms with Gasteiger partial charge in [0.25, 0.3) is 0 Å². The summed E-state index contributed by atoms with van der Waals surface area (Å²) in [4.78, 5) is 20.7. The lowest BCUT2D eigenvalue weighted by atomic mass is 10.2. The standard InChI is InChI=1S/C17H26N4O/c1-3-20-10-12-21(13-11-20)15(2)14-19-17(22)5-4-16-6-8-18-9-7-16/h4-9,15H,3,10-14H2,1-2H3,(H,19,22)/b5-4+/t15-/m0/s1. The van der Waals surface area contributed by atoms with E-state index in [1.165, 1.54) is 0 Å². The highest BCUT2D eigenvalue weighted by molar-refractivity contribution is 5.91. The minimum absolute atomic E-state index is 0.0455. The molecule has 0 unspecified atom stereocenters. The summed E-state index contributed by atoms with van der Waals surface area (Å²) in [5, 5.41) is 2.98. The van der Waals surface area contributed by atoms with Crippen molar-refractivity contribution in [3.05, 3.63) is 36.2 Å². The molecule has 0 aliphatic carbocycles. The molecule has 120 valence electrons. The van der Waals surface area contributed by atoms with E-state index in [2.05, 4.69) is 33.9 Å². The van der Waals surface area contributed by atoms with Gasteiger partial charge in [0.15, 0.2) is 0 Å². The maximum atomic E-state index is 11.9. The first-order valence-electron chi connectivity index (χ1n) is 8.01. The average molecular weight is 302 g/mol. The van der Waals surface area contributed by atoms with Crippen LogP contribution in [0.5, 0.6) is 0 Å². The quantitative estimate of drug-likeness (QED) is 0.803. The molecule has 1 aromatic rings. The van der Waals surface area contributed by atoms with Gasteiger partial charge in [0.2, 0.25) is 5.91 Å². The largest absolute Gasteiger partial charge is 0.351 e. The van der Waals surface area contributed by atoms with Crippen molar-refractivity contribution in [3.63, 3.8) is 0 Å². The van der Waals surface area contributed by atoms with Crippen LogP contribution < -0.4 is 5.32 Å². The van der Waals surface area contributed by atoms with Crippen LogP contribution in [-0.4, -0.2) is 66.0 Å². The van der Waals surface area contributed by atoms with Gasteiger partial charge < -0.3 is 10.2 Å². The average Bonchev–Trinajstić information content (AvgIpc) is 2.58. The smallest absolute Gasteiger partial charge is 0.244 e. The van der Waals surface area contributed by atoms with Crippen molar-refractivity contribution in [1.29, 1.82) is 0 Å². The van der Waals surface area contributed by atoms with E-state index in [9.17, 15) is 4.79 Å². The van der Waals surface area contributed by atoms with Gasteiger partial charge in [-0.3, -0.25) is 14.7 Å². The molecule has 1 fully saturated rings. The van der Waals surface area contributed by atoms with Crippen LogP contribution in [0.1, 0.15) is 19.4 Å². The van der Waals surface area contributed by atoms with Gasteiger partial charge in [0.05, 0.1) is 0 Å². The normalized spacial score (nSPS) is 18.5. The van der Waals surface area contributed by atoms with E-state index in [0.717, 1.165) is 38.3 Å². The molecular weight excluding hydrogens is 276 g/mol. The van der Waals surface area contributed by atoms with Crippen LogP contribution in [0.15, 0.2) is 30.6 Å². The summed E-state index contributed by atoms with van der Waals surface area (Å²) >= 11 is 0. The van der Waals surface area contributed by atoms with Crippen molar-refractivity contribution in [2.75, 3.05) is 39.3 Å². The summed E-state index contributed by atoms with van der Waals surface area (Å²) in [6.45, 7) is 10.6. The Morgan fingerprint density at radius 1 is 1.32 bits per heavy atom. The van der Waals surface area contributed by atoms with E-state index in [1.807, 2.05) is 18.2 Å². The molecule has 1 atom stereocenters. The second kappa shape index (κ2) is 8.66. The molecule has 22 heavy (non-hydrogen) atoms. The van der Waals surface area contributed by atoms with Crippen LogP contribution in [-0.2, 0) is 4.79 Å². The summed E-state index contributed by atoms with van der Waals surface area (Å²) in [7, 11) is 0. The van der Waals surface area contributed by atoms with Gasteiger partial charge in [-0.2, -0.15) is 0 Å². The number of hydrogen-bond acceptors (Lipinski definition) is 4. The predicted octanol–water partition coefficient (Wildman–Crippen LogP) is 1.24. The van der Waals surface area contributed by atoms with Crippen LogP contribution in [0, 0.1) is 0 Å². The first-order chi connectivity index (χ1) is 10.7. The molecule has 0 aromatic carbocycles. The summed E-state index contributed by atoms with van der Waals surface area (Å²) in [5.41, 5.74) is 0.980. The minimum atomic E-state index is -0.0455. The molecule has 5 nitrogen and oxygen atoms in total. The Hall–Kier alpha value is -1.72. The van der Waals surface area contributed by atoms with Crippen molar-refractivity contribution >= 4 is 12.0 Å². The summed E-state index contributed by atoms with van der Waals surface area (Å²) in [5.74, 6) is -0.0455. The number of aromatic nitrogens is 1. The van der Waals surface area contributed by atoms with E-state index in [4.69, 9.17) is 0 Å². The van der Waals surface area contributed by atoms with Crippen molar-refractivity contribution in [3.8, 4) is 0 Å². The third kappa shape index (κ3) is 5.24. The number of carbonyl (C=O) groups is 1. The van der Waals surface area contributed by atoms with Crippen molar-refractivity contribution in [2.45, 2.75) is 19.9 Å². The Labute approximate surface area is 133 Å². The van der Waals surface area contributed by atoms with Crippen LogP contribution in [0.3, 0.4) is 0 Å². The van der Waals surface area contributed by atoms with Gasteiger partial charge in [0, 0.05) is 57.2 Å². The van der Waals surface area contributed by atoms with Gasteiger partial charge in [0.1, 0.15) is 0 Å². The molecule has 0 spiro atoms. The van der Waals surface area contributed by atoms with Gasteiger partial charge in [-0.25, -0.2) is 0 Å². The van der Waals surface area contributed by atoms with E-state index in [1.54, 1.807) is 18.5 Å². The second-order valence-electron chi connectivity index (χ2n) is 5.68. The number of nitrogens with zero attached hydrogens (tertiary/aromatic N) is 3. The number of likely N-dealkylation sites (N-methyl/N-ethyl adjacent to an activating group) is 1. The van der Waals surface area contributed by atoms with Crippen LogP contribution in [0.2, 0.25) is 0 Å². The highest BCUT2D eigenvalue weighted by atomic mass is 16.1. The molecule has 1 aliphatic heterocycles. The number of rotatable bonds is 6. The van der Waals surface area contributed by atoms with Gasteiger partial charge >= 0.3 is 0 Å². The first kappa shape index (κ1) is 16.6. The molecule has 0 radical (unpaired) electrons. The third-order valence-corrected chi connectivity index (χ3v) is 4.18. The van der Waals surface area contributed by atoms with Crippen molar-refractivity contribution in [1.82, 2.24) is 20.1 Å². The molecule has 1 N–H and O–H groups in total. The van der Waals surface area contributed by atoms with Gasteiger partial charge in [-0.05, 0) is 37.2 Å². The topological polar surface area (TPSA) is 48.5 Å². The zero-order chi connectivity index (χ0) is 15.8. The van der Waals surface area contributed by atoms with E-state index < -0.39 is 0 Å². The molecule has 0 saturated carbocycles. The lowest BCUT2D eigenvalue weighted by Gasteiger charge is -2.37. The fourth-order valence-corrected chi connectivity index (χ4v) is 2.60. The minimum Gasteiger partial charge on any atom is -0.351 e. The Kier molecular flexibility index (Phi) is 6.55. The number of amides is 1. The van der Waals surface area contributed by atoms with Crippen LogP contribution >= 0.6 is 0 Å². The molecule has 2 heterocycles. The summed E-state index contributed by atoms with van der Waals surface area (Å²) in [6.07, 6.45) is 6.82. The van der Waals surface area contributed by atoms with Crippen molar-refractivity contribution in [2.24, 2.45) is 0 Å². The maximum absolute atomic E-state index is 11.9. The monoisotopic (exact) mass is 302 g/mol. The number of nitrogens with one attached hydrogen (secondary N) is 1. The third-order valence-electron chi connectivity index (χ3n) is 4.18. The maximum Gasteiger partial charge on any atom is 0.244 e. The Bertz CT molecular complexity index is 481. The predicted molar refractivity (Wildman–Crippen MR) is 89.4 cm³/mol. The zero-order valence-electron chi connectivity index (χ0n) is 13.5. The Morgan fingerprint density at radius 3 is 2.64 bits per heavy atom. The van der Waals surface area contributed by atoms with Gasteiger partial charge in [-0.15, -0.1) is 0 Å². The first-order valence-corrected chi connectivity index (χ1v) is 8.01. The molecule has 1 amide bonds. The zero-order valence-corrected chi connectivity index (χ0v) is 13.5. The molecule has 1 aliphatic rings. The number of carbonyl (C=O) groups excluding carboxylic acids is 1. The van der Waals surface area contributed by atoms with Gasteiger partial charge in [-0.1, -0.05) is 6.92 Å². The fourth-order valence-electron chi connectivity index (χ4n) is 2.60. The number of piperazine rings is 1. The summed E-state index contributed by atoms with van der Waals surface area (Å²) in [6, 6.07) is 4.12. The Morgan fingerprint density at radius 2 is 2.00 bits per heavy atom. The molecule has 1 saturated heterocycles. The molecule has 5 heteroatoms. The Balaban J connectivity index is 1.71. The van der Waals surface area contributed by atoms with E-state index in [0.29, 0.717) is 12.6 Å². The second-order valence-corrected chi connectivity index (χ2v) is 5.68. The van der Waals surface area contributed by atoms with Crippen molar-refractivity contribution < 1.29 is 4.79 Å². The fraction of sp³-hybridized carbons (Fsp3) is 0.529. The molecule has 1 aromatic heterocycles. The van der Waals surface area contributed by atoms with Crippen LogP contribution in [0.25, 0.3) is 6.08 Å². The SMILES string of the molecule is CCN1CCN([C@@H](C)CNC(=O)/C=C/c2ccncc2)CC1. The number of pyridine rings is 1. The van der Waals surface area contributed by atoms with Crippen LogP contribution in [0.4, 0.5) is 0 Å². The highest BCUT2D eigenvalue weighted by Crippen LogP contribution is 2.05. The molecule has 2 rings (SSSR count). The van der Waals surface area contributed by atoms with E-state index in [-0.39, 0.29) is 5.91 Å². The lowest BCUT2D eigenvalue weighted by molar-refractivity contribution is -0.116. The number of hydrogen-bond donors (Lipinski definition) is 1. The highest BCUT2D eigenvalue weighted by Gasteiger charge is 2.20. The lowest BCUT2D eigenvalue weighted by Crippen LogP contribution is -2.52. The molecular formula is C17H26N4O.